The summed E-state index contributed by atoms with van der Waals surface area (Å²) in [7, 11) is -4.84. The average Bonchev–Trinajstić information content (AvgIpc) is 3.46. The van der Waals surface area contributed by atoms with Crippen LogP contribution in [0.5, 0.6) is 5.75 Å². The van der Waals surface area contributed by atoms with Crippen LogP contribution in [0, 0.1) is 27.2 Å². The summed E-state index contributed by atoms with van der Waals surface area (Å²) in [5.41, 5.74) is 4.94. The zero-order valence-electron chi connectivity index (χ0n) is 31.0. The number of carbonyl (C=O) groups is 2. The molecule has 1 aromatic heterocycles. The molecule has 0 aliphatic heterocycles. The van der Waals surface area contributed by atoms with Gasteiger partial charge in [-0.15, -0.1) is 0 Å². The molecule has 0 amide bonds. The predicted octanol–water partition coefficient (Wildman–Crippen LogP) is 4.85. The minimum atomic E-state index is -4.84. The number of aromatic nitrogens is 2. The van der Waals surface area contributed by atoms with E-state index in [9.17, 15) is 52.7 Å². The monoisotopic (exact) mass is 832 g/mol. The molecule has 5 N–H and O–H groups in total. The number of fused-ring (bicyclic) bond motifs is 2. The Hall–Kier alpha value is -7.31. The van der Waals surface area contributed by atoms with E-state index in [1.165, 1.54) is 16.8 Å². The number of hydrogen-bond donors (Lipinski definition) is 5. The maximum absolute atomic E-state index is 12.6. The topological polar surface area (TPSA) is 282 Å². The number of benzene rings is 4. The van der Waals surface area contributed by atoms with Gasteiger partial charge in [0.2, 0.25) is 11.6 Å². The van der Waals surface area contributed by atoms with Crippen LogP contribution < -0.4 is 16.4 Å². The van der Waals surface area contributed by atoms with Crippen LogP contribution in [0.15, 0.2) is 130 Å². The number of aromatic amines is 1. The van der Waals surface area contributed by atoms with Crippen molar-refractivity contribution in [1.29, 1.82) is 0 Å². The molecule has 4 aromatic carbocycles. The van der Waals surface area contributed by atoms with Crippen molar-refractivity contribution in [2.45, 2.75) is 6.92 Å². The first-order valence-electron chi connectivity index (χ1n) is 16.0. The fraction of sp³-hybridized carbons (Fsp3) is 0.0278. The van der Waals surface area contributed by atoms with Crippen molar-refractivity contribution >= 4 is 65.8 Å². The van der Waals surface area contributed by atoms with Gasteiger partial charge >= 0.3 is 2.85 Å². The number of allylic oxidation sites excluding steroid dienone is 4. The van der Waals surface area contributed by atoms with E-state index in [2.05, 4.69) is 26.2 Å². The molecule has 21 heteroatoms. The van der Waals surface area contributed by atoms with Crippen LogP contribution in [-0.2, 0) is 37.1 Å². The number of phenols is 1. The molecule has 0 saturated heterocycles. The quantitative estimate of drug-likeness (QED) is 0.0460. The number of hydrazone groups is 2. The first kappa shape index (κ1) is 40.9. The van der Waals surface area contributed by atoms with Crippen LogP contribution in [0.2, 0.25) is 0 Å². The van der Waals surface area contributed by atoms with Gasteiger partial charge in [0.05, 0.1) is 21.2 Å². The minimum Gasteiger partial charge on any atom is -0.506 e. The molecule has 0 radical (unpaired) electrons. The Bertz CT molecular complexity index is 2840. The number of nitrogens with zero attached hydrogens (tertiary/aromatic N) is 5. The van der Waals surface area contributed by atoms with E-state index < -0.39 is 42.1 Å². The Morgan fingerprint density at radius 1 is 0.807 bits per heavy atom. The number of anilines is 2. The number of hydrogen-bond acceptors (Lipinski definition) is 14. The summed E-state index contributed by atoms with van der Waals surface area (Å²) in [5, 5.41) is 44.3. The third-order valence-electron chi connectivity index (χ3n) is 8.22. The Morgan fingerprint density at radius 3 is 2.18 bits per heavy atom. The molecule has 7 rings (SSSR count). The van der Waals surface area contributed by atoms with Gasteiger partial charge in [-0.2, -0.15) is 18.6 Å². The van der Waals surface area contributed by atoms with Gasteiger partial charge in [-0.25, -0.2) is 4.68 Å². The van der Waals surface area contributed by atoms with Gasteiger partial charge in [-0.1, -0.05) is 48.5 Å². The summed E-state index contributed by atoms with van der Waals surface area (Å²) in [6, 6.07) is 22.4. The number of ketones is 2. The smallest absolute Gasteiger partial charge is 0.506 e. The maximum Gasteiger partial charge on any atom is 1.00 e. The van der Waals surface area contributed by atoms with Crippen molar-refractivity contribution in [1.82, 2.24) is 9.78 Å². The second-order valence-corrected chi connectivity index (χ2v) is 13.2. The van der Waals surface area contributed by atoms with Crippen molar-refractivity contribution in [2.24, 2.45) is 10.2 Å². The summed E-state index contributed by atoms with van der Waals surface area (Å²) < 4.78 is 34.3. The number of aromatic hydroxyl groups is 1. The van der Waals surface area contributed by atoms with Crippen LogP contribution in [-0.4, -0.2) is 60.7 Å². The summed E-state index contributed by atoms with van der Waals surface area (Å²) in [4.78, 5) is 56.6. The van der Waals surface area contributed by atoms with Crippen LogP contribution in [0.4, 0.5) is 17.1 Å². The average molecular weight is 833 g/mol. The van der Waals surface area contributed by atoms with E-state index in [1.807, 2.05) is 18.2 Å². The van der Waals surface area contributed by atoms with E-state index >= 15 is 0 Å². The standard InChI is InChI=1S/C20H13N3O7S.C16H13N5O4.Cr/c24-16-8-5-11-3-1-2-4-13(11)19(16)21-22-20-14-7-6-12(23(26)27)9-15(14)18(10-17(20)25)31(28,29)30;1-10-15(16(23)20(19-10)11-5-3-2-4-6-11)18-17-13-9-12(21(24)25)7-8-14(13)22;/h1-10,21,24H,(H,28,29,30);2-9,18-19H,1H3;/p+2/b;17-13+;. The molecular formula is C36H28CrN8O11S+2. The SMILES string of the molecule is Cc1[nH]n(-c2ccccc2)c(=O)c1N/N=C1\C=C([N+](=O)[O-])C=CC1=O.O=C1C=C(S(=O)(=O)O)c2cc([N+](=O)[O-])ccc2C1=NNc1c(O)ccc2ccccc12.[Cr].[H+].[H+]. The van der Waals surface area contributed by atoms with Crippen molar-refractivity contribution in [3.63, 3.8) is 0 Å². The molecule has 0 spiro atoms. The van der Waals surface area contributed by atoms with Gasteiger partial charge in [0.15, 0.2) is 0 Å². The normalized spacial score (nSPS) is 14.8. The van der Waals surface area contributed by atoms with Crippen LogP contribution >= 0.6 is 0 Å². The second-order valence-electron chi connectivity index (χ2n) is 11.8. The molecule has 0 saturated carbocycles. The van der Waals surface area contributed by atoms with Gasteiger partial charge in [0.1, 0.15) is 33.5 Å². The molecular weight excluding hydrogens is 805 g/mol. The Morgan fingerprint density at radius 2 is 1.49 bits per heavy atom. The van der Waals surface area contributed by atoms with Crippen LogP contribution in [0.1, 0.15) is 19.7 Å². The van der Waals surface area contributed by atoms with Gasteiger partial charge in [-0.3, -0.25) is 55.1 Å². The zero-order valence-corrected chi connectivity index (χ0v) is 31.1. The predicted molar refractivity (Wildman–Crippen MR) is 207 cm³/mol. The maximum atomic E-state index is 12.6. The van der Waals surface area contributed by atoms with E-state index in [0.29, 0.717) is 22.8 Å². The first-order valence-corrected chi connectivity index (χ1v) is 17.4. The fourth-order valence-corrected chi connectivity index (χ4v) is 6.23. The molecule has 0 bridgehead atoms. The summed E-state index contributed by atoms with van der Waals surface area (Å²) >= 11 is 0. The summed E-state index contributed by atoms with van der Waals surface area (Å²) in [6.45, 7) is 1.67. The van der Waals surface area contributed by atoms with E-state index in [4.69, 9.17) is 0 Å². The number of nitro benzene ring substituents is 1. The number of nitro groups is 2. The van der Waals surface area contributed by atoms with Gasteiger partial charge in [0, 0.05) is 64.2 Å². The third kappa shape index (κ3) is 8.66. The Balaban J connectivity index is 0.000000306. The molecule has 2 aliphatic carbocycles. The van der Waals surface area contributed by atoms with Gasteiger partial charge < -0.3 is 5.11 Å². The molecule has 2 aliphatic rings. The van der Waals surface area contributed by atoms with E-state index in [1.54, 1.807) is 49.4 Å². The summed E-state index contributed by atoms with van der Waals surface area (Å²) in [6.07, 6.45) is 3.86. The van der Waals surface area contributed by atoms with Crippen molar-refractivity contribution in [3.8, 4) is 11.4 Å². The molecule has 57 heavy (non-hydrogen) atoms. The van der Waals surface area contributed by atoms with Crippen molar-refractivity contribution < 1.29 is 57.7 Å². The van der Waals surface area contributed by atoms with Gasteiger partial charge in [0.25, 0.3) is 27.1 Å². The molecule has 5 aromatic rings. The number of aryl methyl sites for hydroxylation is 1. The third-order valence-corrected chi connectivity index (χ3v) is 9.12. The molecule has 0 atom stereocenters. The van der Waals surface area contributed by atoms with Crippen LogP contribution in [0.25, 0.3) is 21.4 Å². The number of non-ortho nitro benzene ring substituents is 1. The van der Waals surface area contributed by atoms with Crippen LogP contribution in [0.3, 0.4) is 0 Å². The Kier molecular flexibility index (Phi) is 11.9. The molecule has 0 fully saturated rings. The molecule has 1 heterocycles. The number of carbonyl (C=O) groups excluding carboxylic acids is 2. The second kappa shape index (κ2) is 16.6. The van der Waals surface area contributed by atoms with E-state index in [-0.39, 0.29) is 71.1 Å². The number of nitrogens with one attached hydrogen (secondary N) is 3. The Labute approximate surface area is 334 Å². The number of rotatable bonds is 8. The number of para-hydroxylation sites is 1. The minimum absolute atomic E-state index is 0. The largest absolute Gasteiger partial charge is 1.00 e. The molecule has 288 valence electrons. The fourth-order valence-electron chi connectivity index (χ4n) is 5.53. The van der Waals surface area contributed by atoms with Gasteiger partial charge in [-0.05, 0) is 42.7 Å². The summed E-state index contributed by atoms with van der Waals surface area (Å²) in [5.74, 6) is -1.47. The number of H-pyrrole nitrogens is 1. The number of phenolic OH excluding ortho intramolecular Hbond substituents is 1. The molecule has 0 unspecified atom stereocenters. The zero-order chi connectivity index (χ0) is 40.3. The van der Waals surface area contributed by atoms with Crippen molar-refractivity contribution in [2.75, 3.05) is 10.9 Å². The molecule has 19 nitrogen and oxygen atoms in total. The van der Waals surface area contributed by atoms with Crippen molar-refractivity contribution in [3.05, 3.63) is 162 Å². The van der Waals surface area contributed by atoms with E-state index in [0.717, 1.165) is 35.7 Å². The first-order chi connectivity index (χ1) is 26.6.